The number of nitrogens with one attached hydrogen (secondary N) is 1. The average molecular weight is 315 g/mol. The van der Waals surface area contributed by atoms with E-state index in [9.17, 15) is 4.39 Å². The highest BCUT2D eigenvalue weighted by atomic mass is 19.1. The van der Waals surface area contributed by atoms with Crippen molar-refractivity contribution in [3.63, 3.8) is 0 Å². The summed E-state index contributed by atoms with van der Waals surface area (Å²) in [7, 11) is 3.31. The first-order valence-corrected chi connectivity index (χ1v) is 7.94. The lowest BCUT2D eigenvalue weighted by Gasteiger charge is -2.28. The maximum atomic E-state index is 13.3. The molecule has 0 radical (unpaired) electrons. The van der Waals surface area contributed by atoms with E-state index in [4.69, 9.17) is 9.47 Å². The quantitative estimate of drug-likeness (QED) is 0.913. The second-order valence-corrected chi connectivity index (χ2v) is 5.83. The van der Waals surface area contributed by atoms with E-state index in [0.717, 1.165) is 42.9 Å². The zero-order valence-electron chi connectivity index (χ0n) is 13.6. The van der Waals surface area contributed by atoms with Gasteiger partial charge in [-0.3, -0.25) is 0 Å². The number of benzene rings is 2. The third kappa shape index (κ3) is 3.48. The molecule has 0 saturated carbocycles. The lowest BCUT2D eigenvalue weighted by atomic mass is 9.90. The van der Waals surface area contributed by atoms with Crippen LogP contribution in [0.15, 0.2) is 36.4 Å². The molecular formula is C19H22FNO2. The van der Waals surface area contributed by atoms with Crippen LogP contribution in [0.25, 0.3) is 0 Å². The van der Waals surface area contributed by atoms with E-state index < -0.39 is 0 Å². The molecule has 3 rings (SSSR count). The zero-order chi connectivity index (χ0) is 16.2. The monoisotopic (exact) mass is 315 g/mol. The molecule has 4 heteroatoms. The van der Waals surface area contributed by atoms with E-state index in [-0.39, 0.29) is 11.9 Å². The Kier molecular flexibility index (Phi) is 4.82. The Morgan fingerprint density at radius 3 is 2.65 bits per heavy atom. The molecule has 3 nitrogen and oxygen atoms in total. The van der Waals surface area contributed by atoms with Gasteiger partial charge in [0.25, 0.3) is 0 Å². The van der Waals surface area contributed by atoms with Gasteiger partial charge in [0.2, 0.25) is 0 Å². The number of fused-ring (bicyclic) bond motifs is 1. The molecule has 0 aromatic heterocycles. The van der Waals surface area contributed by atoms with Gasteiger partial charge in [-0.15, -0.1) is 0 Å². The maximum Gasteiger partial charge on any atom is 0.161 e. The zero-order valence-corrected chi connectivity index (χ0v) is 13.6. The fourth-order valence-electron chi connectivity index (χ4n) is 3.23. The van der Waals surface area contributed by atoms with Gasteiger partial charge < -0.3 is 14.8 Å². The molecule has 1 unspecified atom stereocenters. The van der Waals surface area contributed by atoms with Gasteiger partial charge in [-0.2, -0.15) is 0 Å². The van der Waals surface area contributed by atoms with Crippen LogP contribution in [-0.2, 0) is 12.8 Å². The molecule has 0 spiro atoms. The fraction of sp³-hybridized carbons (Fsp3) is 0.368. The molecule has 0 saturated heterocycles. The van der Waals surface area contributed by atoms with Crippen molar-refractivity contribution >= 4 is 0 Å². The van der Waals surface area contributed by atoms with Gasteiger partial charge in [0.1, 0.15) is 5.82 Å². The Morgan fingerprint density at radius 2 is 1.91 bits per heavy atom. The number of ether oxygens (including phenoxy) is 2. The lowest BCUT2D eigenvalue weighted by Crippen LogP contribution is -2.30. The van der Waals surface area contributed by atoms with E-state index >= 15 is 0 Å². The standard InChI is InChI=1S/C19H22FNO2/c1-22-18-11-14-8-9-21-17(16(14)12-19(18)23-2)7-6-13-4-3-5-15(20)10-13/h3-5,10-12,17,21H,6-9H2,1-2H3. The van der Waals surface area contributed by atoms with Crippen molar-refractivity contribution in [2.75, 3.05) is 20.8 Å². The van der Waals surface area contributed by atoms with Gasteiger partial charge in [-0.25, -0.2) is 4.39 Å². The highest BCUT2D eigenvalue weighted by molar-refractivity contribution is 5.49. The Labute approximate surface area is 136 Å². The van der Waals surface area contributed by atoms with Crippen molar-refractivity contribution < 1.29 is 13.9 Å². The van der Waals surface area contributed by atoms with E-state index in [1.807, 2.05) is 6.07 Å². The minimum atomic E-state index is -0.175. The first-order valence-electron chi connectivity index (χ1n) is 7.94. The van der Waals surface area contributed by atoms with E-state index in [1.54, 1.807) is 26.4 Å². The first kappa shape index (κ1) is 15.8. The molecule has 1 aliphatic heterocycles. The van der Waals surface area contributed by atoms with Crippen LogP contribution in [-0.4, -0.2) is 20.8 Å². The highest BCUT2D eigenvalue weighted by Crippen LogP contribution is 2.36. The van der Waals surface area contributed by atoms with Gasteiger partial charge in [0.15, 0.2) is 11.5 Å². The van der Waals surface area contributed by atoms with Gasteiger partial charge in [0, 0.05) is 6.04 Å². The molecule has 2 aromatic carbocycles. The van der Waals surface area contributed by atoms with Crippen LogP contribution in [0.2, 0.25) is 0 Å². The molecule has 0 bridgehead atoms. The summed E-state index contributed by atoms with van der Waals surface area (Å²) in [4.78, 5) is 0. The summed E-state index contributed by atoms with van der Waals surface area (Å²) in [5.41, 5.74) is 3.58. The highest BCUT2D eigenvalue weighted by Gasteiger charge is 2.22. The molecule has 2 aromatic rings. The molecule has 1 N–H and O–H groups in total. The third-order valence-corrected chi connectivity index (χ3v) is 4.42. The van der Waals surface area contributed by atoms with E-state index in [1.165, 1.54) is 17.2 Å². The molecule has 1 aliphatic rings. The van der Waals surface area contributed by atoms with Gasteiger partial charge in [-0.1, -0.05) is 12.1 Å². The predicted molar refractivity (Wildman–Crippen MR) is 88.7 cm³/mol. The van der Waals surface area contributed by atoms with Crippen molar-refractivity contribution in [3.05, 3.63) is 58.9 Å². The SMILES string of the molecule is COc1cc2c(cc1OC)C(CCc1cccc(F)c1)NCC2. The lowest BCUT2D eigenvalue weighted by molar-refractivity contribution is 0.351. The summed E-state index contributed by atoms with van der Waals surface area (Å²) < 4.78 is 24.1. The topological polar surface area (TPSA) is 30.5 Å². The van der Waals surface area contributed by atoms with Crippen molar-refractivity contribution in [2.24, 2.45) is 0 Å². The minimum absolute atomic E-state index is 0.175. The van der Waals surface area contributed by atoms with Crippen LogP contribution in [0.5, 0.6) is 11.5 Å². The summed E-state index contributed by atoms with van der Waals surface area (Å²) in [5.74, 6) is 1.36. The van der Waals surface area contributed by atoms with Crippen LogP contribution in [0, 0.1) is 5.82 Å². The second-order valence-electron chi connectivity index (χ2n) is 5.83. The van der Waals surface area contributed by atoms with Crippen LogP contribution >= 0.6 is 0 Å². The molecule has 23 heavy (non-hydrogen) atoms. The van der Waals surface area contributed by atoms with E-state index in [2.05, 4.69) is 17.4 Å². The minimum Gasteiger partial charge on any atom is -0.493 e. The summed E-state index contributed by atoms with van der Waals surface area (Å²) in [6.45, 7) is 0.941. The Balaban J connectivity index is 1.80. The van der Waals surface area contributed by atoms with Crippen LogP contribution in [0.1, 0.15) is 29.2 Å². The maximum absolute atomic E-state index is 13.3. The fourth-order valence-corrected chi connectivity index (χ4v) is 3.23. The summed E-state index contributed by atoms with van der Waals surface area (Å²) in [5, 5.41) is 3.56. The Hall–Kier alpha value is -2.07. The van der Waals surface area contributed by atoms with Crippen molar-refractivity contribution in [2.45, 2.75) is 25.3 Å². The Bertz CT molecular complexity index is 687. The molecule has 0 fully saturated rings. The normalized spacial score (nSPS) is 16.7. The molecule has 0 amide bonds. The summed E-state index contributed by atoms with van der Waals surface area (Å²) in [6, 6.07) is 11.2. The average Bonchev–Trinajstić information content (AvgIpc) is 2.58. The van der Waals surface area contributed by atoms with Gasteiger partial charge in [-0.05, 0) is 66.8 Å². The number of halogens is 1. The number of methoxy groups -OCH3 is 2. The summed E-state index contributed by atoms with van der Waals surface area (Å²) in [6.07, 6.45) is 2.74. The predicted octanol–water partition coefficient (Wildman–Crippen LogP) is 3.66. The smallest absolute Gasteiger partial charge is 0.161 e. The summed E-state index contributed by atoms with van der Waals surface area (Å²) >= 11 is 0. The molecular weight excluding hydrogens is 293 g/mol. The number of aryl methyl sites for hydroxylation is 1. The first-order chi connectivity index (χ1) is 11.2. The molecule has 1 heterocycles. The van der Waals surface area contributed by atoms with Crippen molar-refractivity contribution in [3.8, 4) is 11.5 Å². The number of hydrogen-bond acceptors (Lipinski definition) is 3. The second kappa shape index (κ2) is 7.01. The van der Waals surface area contributed by atoms with Gasteiger partial charge in [0.05, 0.1) is 14.2 Å². The van der Waals surface area contributed by atoms with Crippen molar-refractivity contribution in [1.29, 1.82) is 0 Å². The molecule has 1 atom stereocenters. The molecule has 122 valence electrons. The van der Waals surface area contributed by atoms with Crippen LogP contribution < -0.4 is 14.8 Å². The van der Waals surface area contributed by atoms with Crippen molar-refractivity contribution in [1.82, 2.24) is 5.32 Å². The number of rotatable bonds is 5. The Morgan fingerprint density at radius 1 is 1.13 bits per heavy atom. The van der Waals surface area contributed by atoms with Crippen LogP contribution in [0.3, 0.4) is 0 Å². The molecule has 0 aliphatic carbocycles. The third-order valence-electron chi connectivity index (χ3n) is 4.42. The van der Waals surface area contributed by atoms with Gasteiger partial charge >= 0.3 is 0 Å². The van der Waals surface area contributed by atoms with Crippen LogP contribution in [0.4, 0.5) is 4.39 Å². The number of hydrogen-bond donors (Lipinski definition) is 1. The largest absolute Gasteiger partial charge is 0.493 e. The van der Waals surface area contributed by atoms with E-state index in [0.29, 0.717) is 0 Å².